The Balaban J connectivity index is 2.26. The Morgan fingerprint density at radius 1 is 1.18 bits per heavy atom. The molecule has 0 saturated carbocycles. The zero-order valence-electron chi connectivity index (χ0n) is 12.9. The summed E-state index contributed by atoms with van der Waals surface area (Å²) in [6.07, 6.45) is 0. The lowest BCUT2D eigenvalue weighted by atomic mass is 10.3. The van der Waals surface area contributed by atoms with Gasteiger partial charge in [-0.1, -0.05) is 0 Å². The number of aryl methyl sites for hydroxylation is 1. The lowest BCUT2D eigenvalue weighted by molar-refractivity contribution is 0.0767. The highest BCUT2D eigenvalue weighted by molar-refractivity contribution is 5.92. The molecule has 1 aromatic heterocycles. The van der Waals surface area contributed by atoms with Crippen LogP contribution in [0.5, 0.6) is 0 Å². The molecule has 0 aliphatic carbocycles. The first-order chi connectivity index (χ1) is 10.5. The van der Waals surface area contributed by atoms with E-state index in [-0.39, 0.29) is 11.7 Å². The number of hydrogen-bond acceptors (Lipinski definition) is 4. The number of nitrogens with one attached hydrogen (secondary N) is 1. The molecule has 0 aliphatic rings. The molecule has 0 aliphatic heterocycles. The Morgan fingerprint density at radius 2 is 1.82 bits per heavy atom. The molecule has 0 radical (unpaired) electrons. The molecule has 6 heteroatoms. The van der Waals surface area contributed by atoms with Gasteiger partial charge in [0, 0.05) is 24.5 Å². The molecule has 0 fully saturated rings. The lowest BCUT2D eigenvalue weighted by Crippen LogP contribution is -2.31. The fraction of sp³-hybridized carbons (Fsp3) is 0.312. The van der Waals surface area contributed by atoms with Gasteiger partial charge in [-0.05, 0) is 51.1 Å². The molecule has 0 saturated heterocycles. The quantitative estimate of drug-likeness (QED) is 0.921. The molecule has 116 valence electrons. The minimum absolute atomic E-state index is 0.127. The lowest BCUT2D eigenvalue weighted by Gasteiger charge is -2.18. The van der Waals surface area contributed by atoms with Gasteiger partial charge in [0.25, 0.3) is 5.91 Å². The monoisotopic (exact) mass is 302 g/mol. The Kier molecular flexibility index (Phi) is 5.04. The van der Waals surface area contributed by atoms with E-state index in [0.717, 1.165) is 0 Å². The van der Waals surface area contributed by atoms with Gasteiger partial charge in [0.15, 0.2) is 0 Å². The highest BCUT2D eigenvalue weighted by Gasteiger charge is 2.15. The molecule has 1 amide bonds. The second-order valence-electron chi connectivity index (χ2n) is 4.83. The summed E-state index contributed by atoms with van der Waals surface area (Å²) in [6, 6.07) is 7.54. The van der Waals surface area contributed by atoms with E-state index in [2.05, 4.69) is 15.3 Å². The number of anilines is 2. The Labute approximate surface area is 129 Å². The van der Waals surface area contributed by atoms with Gasteiger partial charge in [0.2, 0.25) is 5.95 Å². The van der Waals surface area contributed by atoms with Gasteiger partial charge in [-0.15, -0.1) is 0 Å². The average Bonchev–Trinajstić information content (AvgIpc) is 2.50. The first kappa shape index (κ1) is 15.9. The second kappa shape index (κ2) is 6.98. The maximum Gasteiger partial charge on any atom is 0.272 e. The van der Waals surface area contributed by atoms with Crippen molar-refractivity contribution in [2.45, 2.75) is 20.8 Å². The Bertz CT molecular complexity index is 654. The van der Waals surface area contributed by atoms with Crippen molar-refractivity contribution in [2.75, 3.05) is 18.4 Å². The Hall–Kier alpha value is -2.50. The van der Waals surface area contributed by atoms with Crippen LogP contribution in [-0.4, -0.2) is 33.9 Å². The fourth-order valence-corrected chi connectivity index (χ4v) is 2.07. The highest BCUT2D eigenvalue weighted by Crippen LogP contribution is 2.15. The van der Waals surface area contributed by atoms with E-state index in [4.69, 9.17) is 0 Å². The summed E-state index contributed by atoms with van der Waals surface area (Å²) in [4.78, 5) is 22.6. The van der Waals surface area contributed by atoms with Crippen molar-refractivity contribution in [3.8, 4) is 0 Å². The molecule has 22 heavy (non-hydrogen) atoms. The minimum Gasteiger partial charge on any atom is -0.338 e. The Morgan fingerprint density at radius 3 is 2.41 bits per heavy atom. The van der Waals surface area contributed by atoms with E-state index in [9.17, 15) is 9.18 Å². The molecule has 0 bridgehead atoms. The van der Waals surface area contributed by atoms with Crippen LogP contribution in [0.15, 0.2) is 30.3 Å². The number of amides is 1. The summed E-state index contributed by atoms with van der Waals surface area (Å²) in [7, 11) is 0. The van der Waals surface area contributed by atoms with Gasteiger partial charge in [-0.2, -0.15) is 0 Å². The number of nitrogens with zero attached hydrogens (tertiary/aromatic N) is 3. The molecule has 5 nitrogen and oxygen atoms in total. The van der Waals surface area contributed by atoms with Gasteiger partial charge in [0.1, 0.15) is 11.5 Å². The van der Waals surface area contributed by atoms with Gasteiger partial charge in [0.05, 0.1) is 0 Å². The molecular weight excluding hydrogens is 283 g/mol. The van der Waals surface area contributed by atoms with Crippen LogP contribution >= 0.6 is 0 Å². The zero-order valence-corrected chi connectivity index (χ0v) is 12.9. The van der Waals surface area contributed by atoms with Crippen LogP contribution in [0, 0.1) is 12.7 Å². The topological polar surface area (TPSA) is 58.1 Å². The van der Waals surface area contributed by atoms with Gasteiger partial charge in [-0.25, -0.2) is 14.4 Å². The summed E-state index contributed by atoms with van der Waals surface area (Å²) >= 11 is 0. The van der Waals surface area contributed by atoms with E-state index in [1.54, 1.807) is 30.0 Å². The van der Waals surface area contributed by atoms with E-state index < -0.39 is 0 Å². The molecule has 1 aromatic carbocycles. The maximum atomic E-state index is 12.9. The van der Waals surface area contributed by atoms with Gasteiger partial charge < -0.3 is 10.2 Å². The normalized spacial score (nSPS) is 10.4. The average molecular weight is 302 g/mol. The number of halogens is 1. The highest BCUT2D eigenvalue weighted by atomic mass is 19.1. The molecule has 2 rings (SSSR count). The van der Waals surface area contributed by atoms with Crippen molar-refractivity contribution in [1.82, 2.24) is 14.9 Å². The van der Waals surface area contributed by atoms with Crippen molar-refractivity contribution < 1.29 is 9.18 Å². The summed E-state index contributed by atoms with van der Waals surface area (Å²) in [5.41, 5.74) is 1.70. The number of carbonyl (C=O) groups excluding carboxylic acids is 1. The van der Waals surface area contributed by atoms with Crippen molar-refractivity contribution in [3.05, 3.63) is 47.5 Å². The molecule has 0 spiro atoms. The summed E-state index contributed by atoms with van der Waals surface area (Å²) in [6.45, 7) is 6.90. The molecular formula is C16H19FN4O. The molecule has 0 atom stereocenters. The standard InChI is InChI=1S/C16H19FN4O/c1-4-21(5-2)15(22)14-10-11(3)18-16(20-14)19-13-8-6-12(17)7-9-13/h6-10H,4-5H2,1-3H3,(H,18,19,20). The smallest absolute Gasteiger partial charge is 0.272 e. The molecule has 0 unspecified atom stereocenters. The number of rotatable bonds is 5. The van der Waals surface area contributed by atoms with Gasteiger partial charge in [-0.3, -0.25) is 4.79 Å². The van der Waals surface area contributed by atoms with Crippen LogP contribution in [0.3, 0.4) is 0 Å². The van der Waals surface area contributed by atoms with Crippen LogP contribution in [0.2, 0.25) is 0 Å². The van der Waals surface area contributed by atoms with Crippen molar-refractivity contribution in [3.63, 3.8) is 0 Å². The predicted octanol–water partition coefficient (Wildman–Crippen LogP) is 3.15. The third-order valence-corrected chi connectivity index (χ3v) is 3.22. The third kappa shape index (κ3) is 3.78. The summed E-state index contributed by atoms with van der Waals surface area (Å²) in [5.74, 6) is -0.118. The fourth-order valence-electron chi connectivity index (χ4n) is 2.07. The van der Waals surface area contributed by atoms with E-state index in [1.165, 1.54) is 12.1 Å². The molecule has 2 aromatic rings. The van der Waals surface area contributed by atoms with E-state index in [1.807, 2.05) is 13.8 Å². The first-order valence-corrected chi connectivity index (χ1v) is 7.21. The van der Waals surface area contributed by atoms with Crippen LogP contribution in [-0.2, 0) is 0 Å². The third-order valence-electron chi connectivity index (χ3n) is 3.22. The van der Waals surface area contributed by atoms with Crippen LogP contribution in [0.1, 0.15) is 30.0 Å². The van der Waals surface area contributed by atoms with E-state index >= 15 is 0 Å². The largest absolute Gasteiger partial charge is 0.338 e. The predicted molar refractivity (Wildman–Crippen MR) is 83.7 cm³/mol. The van der Waals surface area contributed by atoms with Crippen LogP contribution in [0.25, 0.3) is 0 Å². The van der Waals surface area contributed by atoms with Crippen molar-refractivity contribution in [2.24, 2.45) is 0 Å². The molecule has 1 N–H and O–H groups in total. The summed E-state index contributed by atoms with van der Waals surface area (Å²) < 4.78 is 12.9. The van der Waals surface area contributed by atoms with Gasteiger partial charge >= 0.3 is 0 Å². The summed E-state index contributed by atoms with van der Waals surface area (Å²) in [5, 5.41) is 2.98. The number of hydrogen-bond donors (Lipinski definition) is 1. The molecule has 1 heterocycles. The number of benzene rings is 1. The maximum absolute atomic E-state index is 12.9. The van der Waals surface area contributed by atoms with Crippen LogP contribution < -0.4 is 5.32 Å². The first-order valence-electron chi connectivity index (χ1n) is 7.21. The van der Waals surface area contributed by atoms with Crippen molar-refractivity contribution in [1.29, 1.82) is 0 Å². The van der Waals surface area contributed by atoms with Crippen molar-refractivity contribution >= 4 is 17.5 Å². The minimum atomic E-state index is -0.312. The van der Waals surface area contributed by atoms with E-state index in [0.29, 0.717) is 36.1 Å². The SMILES string of the molecule is CCN(CC)C(=O)c1cc(C)nc(Nc2ccc(F)cc2)n1. The van der Waals surface area contributed by atoms with Crippen LogP contribution in [0.4, 0.5) is 16.0 Å². The second-order valence-corrected chi connectivity index (χ2v) is 4.83. The number of carbonyl (C=O) groups is 1. The number of aromatic nitrogens is 2. The zero-order chi connectivity index (χ0) is 16.1.